The summed E-state index contributed by atoms with van der Waals surface area (Å²) in [7, 11) is 0. The Balaban J connectivity index is 1.48. The molecule has 1 aliphatic rings. The largest absolute Gasteiger partial charge is 0.444 e. The number of amides is 2. The second-order valence-electron chi connectivity index (χ2n) is 7.95. The average Bonchev–Trinajstić information content (AvgIpc) is 3.14. The number of hydrogen-bond donors (Lipinski definition) is 0. The first-order chi connectivity index (χ1) is 13.7. The number of aromatic nitrogens is 1. The van der Waals surface area contributed by atoms with Crippen LogP contribution in [0.2, 0.25) is 0 Å². The Morgan fingerprint density at radius 2 is 1.79 bits per heavy atom. The predicted molar refractivity (Wildman–Crippen MR) is 105 cm³/mol. The first-order valence-corrected chi connectivity index (χ1v) is 9.68. The summed E-state index contributed by atoms with van der Waals surface area (Å²) in [6.07, 6.45) is 1.69. The second-order valence-corrected chi connectivity index (χ2v) is 7.95. The summed E-state index contributed by atoms with van der Waals surface area (Å²) in [5, 5.41) is 0. The summed E-state index contributed by atoms with van der Waals surface area (Å²) in [4.78, 5) is 32.1. The minimum absolute atomic E-state index is 0.0283. The third kappa shape index (κ3) is 5.56. The molecule has 0 unspecified atom stereocenters. The van der Waals surface area contributed by atoms with Crippen molar-refractivity contribution in [3.05, 3.63) is 42.2 Å². The van der Waals surface area contributed by atoms with Crippen molar-refractivity contribution in [3.63, 3.8) is 0 Å². The molecule has 8 heteroatoms. The van der Waals surface area contributed by atoms with Gasteiger partial charge in [-0.25, -0.2) is 14.2 Å². The van der Waals surface area contributed by atoms with Crippen molar-refractivity contribution in [2.75, 3.05) is 26.2 Å². The molecule has 1 aromatic heterocycles. The van der Waals surface area contributed by atoms with Gasteiger partial charge in [0.2, 0.25) is 5.91 Å². The van der Waals surface area contributed by atoms with Gasteiger partial charge in [0.15, 0.2) is 11.7 Å². The molecule has 0 N–H and O–H groups in total. The first-order valence-electron chi connectivity index (χ1n) is 9.68. The van der Waals surface area contributed by atoms with Crippen LogP contribution in [-0.4, -0.2) is 58.6 Å². The number of carbonyl (C=O) groups excluding carboxylic acids is 2. The van der Waals surface area contributed by atoms with E-state index in [0.717, 1.165) is 0 Å². The van der Waals surface area contributed by atoms with E-state index in [1.807, 2.05) is 20.8 Å². The minimum atomic E-state index is -0.540. The highest BCUT2D eigenvalue weighted by Gasteiger charge is 2.27. The van der Waals surface area contributed by atoms with Gasteiger partial charge in [0.1, 0.15) is 11.4 Å². The van der Waals surface area contributed by atoms with E-state index < -0.39 is 5.60 Å². The third-order valence-corrected chi connectivity index (χ3v) is 4.53. The smallest absolute Gasteiger partial charge is 0.410 e. The maximum atomic E-state index is 13.8. The van der Waals surface area contributed by atoms with Gasteiger partial charge < -0.3 is 19.0 Å². The van der Waals surface area contributed by atoms with Crippen molar-refractivity contribution < 1.29 is 23.1 Å². The molecule has 1 aromatic carbocycles. The summed E-state index contributed by atoms with van der Waals surface area (Å²) in [5.74, 6) is 0.328. The molecule has 0 saturated carbocycles. The van der Waals surface area contributed by atoms with Crippen LogP contribution in [0.3, 0.4) is 0 Å². The van der Waals surface area contributed by atoms with Crippen molar-refractivity contribution >= 4 is 12.0 Å². The molecule has 0 bridgehead atoms. The molecule has 0 atom stereocenters. The minimum Gasteiger partial charge on any atom is -0.444 e. The summed E-state index contributed by atoms with van der Waals surface area (Å²) >= 11 is 0. The van der Waals surface area contributed by atoms with Gasteiger partial charge in [-0.3, -0.25) is 4.79 Å². The Morgan fingerprint density at radius 1 is 1.14 bits per heavy atom. The molecule has 0 aliphatic carbocycles. The van der Waals surface area contributed by atoms with Crippen molar-refractivity contribution in [2.24, 2.45) is 0 Å². The van der Waals surface area contributed by atoms with E-state index in [4.69, 9.17) is 9.15 Å². The molecule has 2 aromatic rings. The SMILES string of the molecule is CC(C)(C)OC(=O)N1CCN(C(=O)CCc2ncc(-c3ccccc3F)o2)CC1. The summed E-state index contributed by atoms with van der Waals surface area (Å²) in [6, 6.07) is 6.31. The van der Waals surface area contributed by atoms with Crippen molar-refractivity contribution in [1.82, 2.24) is 14.8 Å². The van der Waals surface area contributed by atoms with Crippen LogP contribution in [0.4, 0.5) is 9.18 Å². The zero-order chi connectivity index (χ0) is 21.0. The number of nitrogens with zero attached hydrogens (tertiary/aromatic N) is 3. The fraction of sp³-hybridized carbons (Fsp3) is 0.476. The lowest BCUT2D eigenvalue weighted by atomic mass is 10.2. The number of rotatable bonds is 4. The highest BCUT2D eigenvalue weighted by atomic mass is 19.1. The molecular weight excluding hydrogens is 377 g/mol. The molecule has 1 saturated heterocycles. The standard InChI is InChI=1S/C21H26FN3O4/c1-21(2,3)29-20(27)25-12-10-24(11-13-25)19(26)9-8-18-23-14-17(28-18)15-6-4-5-7-16(15)22/h4-7,14H,8-13H2,1-3H3. The average molecular weight is 403 g/mol. The predicted octanol–water partition coefficient (Wildman–Crippen LogP) is 3.49. The number of ether oxygens (including phenoxy) is 1. The van der Waals surface area contributed by atoms with E-state index in [9.17, 15) is 14.0 Å². The molecular formula is C21H26FN3O4. The Morgan fingerprint density at radius 3 is 2.45 bits per heavy atom. The molecule has 1 fully saturated rings. The lowest BCUT2D eigenvalue weighted by Gasteiger charge is -2.35. The number of benzene rings is 1. The summed E-state index contributed by atoms with van der Waals surface area (Å²) < 4.78 is 24.8. The van der Waals surface area contributed by atoms with Crippen LogP contribution in [0.15, 0.2) is 34.9 Å². The van der Waals surface area contributed by atoms with E-state index >= 15 is 0 Å². The molecule has 7 nitrogen and oxygen atoms in total. The van der Waals surface area contributed by atoms with Gasteiger partial charge in [-0.05, 0) is 32.9 Å². The Kier molecular flexibility index (Phi) is 6.20. The number of oxazole rings is 1. The van der Waals surface area contributed by atoms with Gasteiger partial charge in [-0.1, -0.05) is 12.1 Å². The zero-order valence-electron chi connectivity index (χ0n) is 17.0. The Labute approximate surface area is 169 Å². The van der Waals surface area contributed by atoms with E-state index in [1.54, 1.807) is 28.0 Å². The Hall–Kier alpha value is -2.90. The molecule has 29 heavy (non-hydrogen) atoms. The van der Waals surface area contributed by atoms with Crippen LogP contribution in [0.25, 0.3) is 11.3 Å². The molecule has 2 heterocycles. The van der Waals surface area contributed by atoms with Gasteiger partial charge in [-0.2, -0.15) is 0 Å². The maximum absolute atomic E-state index is 13.8. The van der Waals surface area contributed by atoms with Crippen LogP contribution in [0.1, 0.15) is 33.1 Å². The van der Waals surface area contributed by atoms with E-state index in [2.05, 4.69) is 4.98 Å². The summed E-state index contributed by atoms with van der Waals surface area (Å²) in [5.41, 5.74) is -0.197. The molecule has 1 aliphatic heterocycles. The summed E-state index contributed by atoms with van der Waals surface area (Å²) in [6.45, 7) is 7.28. The number of piperazine rings is 1. The zero-order valence-corrected chi connectivity index (χ0v) is 17.0. The van der Waals surface area contributed by atoms with Gasteiger partial charge in [0.05, 0.1) is 11.8 Å². The van der Waals surface area contributed by atoms with Gasteiger partial charge >= 0.3 is 6.09 Å². The van der Waals surface area contributed by atoms with E-state index in [-0.39, 0.29) is 24.2 Å². The Bertz CT molecular complexity index is 867. The maximum Gasteiger partial charge on any atom is 0.410 e. The molecule has 156 valence electrons. The van der Waals surface area contributed by atoms with Crippen LogP contribution in [0.5, 0.6) is 0 Å². The first kappa shape index (κ1) is 20.8. The second kappa shape index (κ2) is 8.63. The van der Waals surface area contributed by atoms with Crippen LogP contribution in [-0.2, 0) is 16.0 Å². The highest BCUT2D eigenvalue weighted by Crippen LogP contribution is 2.23. The topological polar surface area (TPSA) is 75.9 Å². The van der Waals surface area contributed by atoms with Crippen LogP contribution in [0, 0.1) is 5.82 Å². The van der Waals surface area contributed by atoms with Crippen molar-refractivity contribution in [3.8, 4) is 11.3 Å². The quantitative estimate of drug-likeness (QED) is 0.781. The fourth-order valence-corrected chi connectivity index (χ4v) is 3.05. The van der Waals surface area contributed by atoms with Gasteiger partial charge in [-0.15, -0.1) is 0 Å². The van der Waals surface area contributed by atoms with Crippen LogP contribution < -0.4 is 0 Å². The normalized spacial score (nSPS) is 14.8. The fourth-order valence-electron chi connectivity index (χ4n) is 3.05. The lowest BCUT2D eigenvalue weighted by molar-refractivity contribution is -0.133. The monoisotopic (exact) mass is 403 g/mol. The van der Waals surface area contributed by atoms with E-state index in [1.165, 1.54) is 12.3 Å². The third-order valence-electron chi connectivity index (χ3n) is 4.53. The number of hydrogen-bond acceptors (Lipinski definition) is 5. The molecule has 2 amide bonds. The number of carbonyl (C=O) groups is 2. The molecule has 0 spiro atoms. The van der Waals surface area contributed by atoms with Crippen LogP contribution >= 0.6 is 0 Å². The van der Waals surface area contributed by atoms with Gasteiger partial charge in [0.25, 0.3) is 0 Å². The highest BCUT2D eigenvalue weighted by molar-refractivity contribution is 5.77. The molecule has 0 radical (unpaired) electrons. The molecule has 3 rings (SSSR count). The van der Waals surface area contributed by atoms with E-state index in [0.29, 0.717) is 49.8 Å². The number of halogens is 1. The van der Waals surface area contributed by atoms with Crippen molar-refractivity contribution in [2.45, 2.75) is 39.2 Å². The number of aryl methyl sites for hydroxylation is 1. The van der Waals surface area contributed by atoms with Gasteiger partial charge in [0, 0.05) is 39.0 Å². The lowest BCUT2D eigenvalue weighted by Crippen LogP contribution is -2.51. The van der Waals surface area contributed by atoms with Crippen molar-refractivity contribution in [1.29, 1.82) is 0 Å².